The van der Waals surface area contributed by atoms with E-state index >= 15 is 0 Å². The van der Waals surface area contributed by atoms with Crippen LogP contribution >= 0.6 is 0 Å². The summed E-state index contributed by atoms with van der Waals surface area (Å²) in [4.78, 5) is 23.7. The first kappa shape index (κ1) is 20.8. The van der Waals surface area contributed by atoms with E-state index in [0.717, 1.165) is 42.2 Å². The van der Waals surface area contributed by atoms with Gasteiger partial charge in [-0.15, -0.1) is 10.2 Å². The summed E-state index contributed by atoms with van der Waals surface area (Å²) >= 11 is 0. The van der Waals surface area contributed by atoms with Crippen LogP contribution in [0.4, 0.5) is 11.6 Å². The first-order chi connectivity index (χ1) is 16.2. The fourth-order valence-electron chi connectivity index (χ4n) is 4.14. The summed E-state index contributed by atoms with van der Waals surface area (Å²) in [5, 5.41) is 11.9. The Balaban J connectivity index is 1.29. The number of hydrogen-bond donors (Lipinski definition) is 1. The molecule has 1 N–H and O–H groups in total. The van der Waals surface area contributed by atoms with Gasteiger partial charge < -0.3 is 10.2 Å². The molecule has 166 valence electrons. The molecule has 0 aliphatic carbocycles. The third-order valence-corrected chi connectivity index (χ3v) is 5.84. The van der Waals surface area contributed by atoms with Gasteiger partial charge in [0, 0.05) is 37.2 Å². The van der Waals surface area contributed by atoms with Crippen molar-refractivity contribution in [1.82, 2.24) is 24.7 Å². The number of nitrogens with zero attached hydrogens (tertiary/aromatic N) is 6. The van der Waals surface area contributed by atoms with Crippen molar-refractivity contribution in [2.24, 2.45) is 5.92 Å². The summed E-state index contributed by atoms with van der Waals surface area (Å²) < 4.78 is 1.92. The fourth-order valence-corrected chi connectivity index (χ4v) is 4.14. The molecule has 1 aromatic carbocycles. The third-order valence-electron chi connectivity index (χ3n) is 5.84. The van der Waals surface area contributed by atoms with Crippen LogP contribution in [0.2, 0.25) is 0 Å². The predicted octanol–water partition coefficient (Wildman–Crippen LogP) is 3.89. The average molecular weight is 440 g/mol. The number of amides is 1. The average Bonchev–Trinajstić information content (AvgIpc) is 3.35. The van der Waals surface area contributed by atoms with Crippen molar-refractivity contribution in [1.29, 1.82) is 0 Å². The zero-order valence-electron chi connectivity index (χ0n) is 18.4. The predicted molar refractivity (Wildman–Crippen MR) is 127 cm³/mol. The van der Waals surface area contributed by atoms with Gasteiger partial charge in [-0.3, -0.25) is 9.36 Å². The van der Waals surface area contributed by atoms with Crippen LogP contribution in [-0.2, 0) is 4.79 Å². The van der Waals surface area contributed by atoms with Crippen molar-refractivity contribution in [2.75, 3.05) is 23.3 Å². The number of rotatable bonds is 5. The van der Waals surface area contributed by atoms with Crippen molar-refractivity contribution in [3.63, 3.8) is 0 Å². The summed E-state index contributed by atoms with van der Waals surface area (Å²) in [5.74, 6) is 2.75. The lowest BCUT2D eigenvalue weighted by atomic mass is 9.97. The maximum absolute atomic E-state index is 12.8. The van der Waals surface area contributed by atoms with Gasteiger partial charge in [-0.05, 0) is 49.6 Å². The second kappa shape index (κ2) is 9.20. The fraction of sp³-hybridized carbons (Fsp3) is 0.240. The van der Waals surface area contributed by atoms with Gasteiger partial charge in [0.15, 0.2) is 11.6 Å². The molecule has 1 atom stereocenters. The van der Waals surface area contributed by atoms with E-state index in [-0.39, 0.29) is 11.8 Å². The number of carbonyl (C=O) groups is 1. The molecular weight excluding hydrogens is 414 g/mol. The summed E-state index contributed by atoms with van der Waals surface area (Å²) in [6.45, 7) is 3.43. The molecule has 8 heteroatoms. The van der Waals surface area contributed by atoms with Crippen LogP contribution in [0.25, 0.3) is 17.2 Å². The number of aromatic nitrogens is 5. The molecule has 1 unspecified atom stereocenters. The standard InChI is InChI=1S/C25H25N7O/c1-18-11-12-26-21(16-18)28-25(33)20-8-5-14-31(17-20)22-9-10-23(30-29-22)32-15-13-27-24(32)19-6-3-2-4-7-19/h2-4,6-7,9-13,15-16,20H,5,8,14,17H2,1H3,(H,26,28,33). The molecule has 4 heterocycles. The molecule has 1 fully saturated rings. The highest BCUT2D eigenvalue weighted by Crippen LogP contribution is 2.24. The quantitative estimate of drug-likeness (QED) is 0.508. The van der Waals surface area contributed by atoms with Crippen molar-refractivity contribution in [3.8, 4) is 17.2 Å². The molecule has 0 spiro atoms. The monoisotopic (exact) mass is 439 g/mol. The number of carbonyl (C=O) groups excluding carboxylic acids is 1. The highest BCUT2D eigenvalue weighted by Gasteiger charge is 2.27. The van der Waals surface area contributed by atoms with Gasteiger partial charge >= 0.3 is 0 Å². The van der Waals surface area contributed by atoms with Gasteiger partial charge in [0.25, 0.3) is 0 Å². The zero-order valence-corrected chi connectivity index (χ0v) is 18.4. The van der Waals surface area contributed by atoms with Crippen LogP contribution in [0, 0.1) is 12.8 Å². The molecule has 5 rings (SSSR count). The summed E-state index contributed by atoms with van der Waals surface area (Å²) in [7, 11) is 0. The minimum atomic E-state index is -0.124. The number of anilines is 2. The normalized spacial score (nSPS) is 15.9. The Morgan fingerprint density at radius 3 is 2.61 bits per heavy atom. The van der Waals surface area contributed by atoms with Gasteiger partial charge in [-0.25, -0.2) is 9.97 Å². The van der Waals surface area contributed by atoms with E-state index in [9.17, 15) is 4.79 Å². The van der Waals surface area contributed by atoms with Crippen LogP contribution in [0.3, 0.4) is 0 Å². The van der Waals surface area contributed by atoms with Gasteiger partial charge in [0.05, 0.1) is 5.92 Å². The van der Waals surface area contributed by atoms with Crippen molar-refractivity contribution in [3.05, 3.63) is 78.8 Å². The molecule has 1 saturated heterocycles. The summed E-state index contributed by atoms with van der Waals surface area (Å²) in [6.07, 6.45) is 7.11. The first-order valence-corrected chi connectivity index (χ1v) is 11.1. The minimum Gasteiger partial charge on any atom is -0.354 e. The molecule has 0 bridgehead atoms. The zero-order chi connectivity index (χ0) is 22.6. The van der Waals surface area contributed by atoms with Crippen LogP contribution in [0.1, 0.15) is 18.4 Å². The number of pyridine rings is 1. The molecule has 1 amide bonds. The number of hydrogen-bond acceptors (Lipinski definition) is 6. The largest absolute Gasteiger partial charge is 0.354 e. The second-order valence-corrected chi connectivity index (χ2v) is 8.23. The van der Waals surface area contributed by atoms with E-state index in [1.54, 1.807) is 12.4 Å². The van der Waals surface area contributed by atoms with E-state index < -0.39 is 0 Å². The Labute approximate surface area is 192 Å². The number of nitrogens with one attached hydrogen (secondary N) is 1. The minimum absolute atomic E-state index is 0.00621. The SMILES string of the molecule is Cc1ccnc(NC(=O)C2CCCN(c3ccc(-n4ccnc4-c4ccccc4)nn3)C2)c1. The van der Waals surface area contributed by atoms with E-state index in [2.05, 4.69) is 30.4 Å². The molecule has 1 aliphatic heterocycles. The molecule has 4 aromatic rings. The van der Waals surface area contributed by atoms with E-state index in [1.165, 1.54) is 0 Å². The lowest BCUT2D eigenvalue weighted by molar-refractivity contribution is -0.120. The smallest absolute Gasteiger partial charge is 0.230 e. The highest BCUT2D eigenvalue weighted by molar-refractivity contribution is 5.92. The lowest BCUT2D eigenvalue weighted by Gasteiger charge is -2.32. The Morgan fingerprint density at radius 1 is 1.00 bits per heavy atom. The van der Waals surface area contributed by atoms with Crippen LogP contribution in [-0.4, -0.2) is 43.7 Å². The molecular formula is C25H25N7O. The molecule has 0 radical (unpaired) electrons. The highest BCUT2D eigenvalue weighted by atomic mass is 16.2. The van der Waals surface area contributed by atoms with Crippen LogP contribution in [0.15, 0.2) is 73.2 Å². The van der Waals surface area contributed by atoms with Crippen molar-refractivity contribution in [2.45, 2.75) is 19.8 Å². The lowest BCUT2D eigenvalue weighted by Crippen LogP contribution is -2.41. The summed E-state index contributed by atoms with van der Waals surface area (Å²) in [5.41, 5.74) is 2.08. The van der Waals surface area contributed by atoms with Crippen molar-refractivity contribution < 1.29 is 4.79 Å². The third kappa shape index (κ3) is 4.59. The Kier molecular flexibility index (Phi) is 5.80. The van der Waals surface area contributed by atoms with Crippen molar-refractivity contribution >= 4 is 17.5 Å². The topological polar surface area (TPSA) is 88.8 Å². The van der Waals surface area contributed by atoms with E-state index in [1.807, 2.05) is 72.3 Å². The maximum atomic E-state index is 12.8. The number of imidazole rings is 1. The number of benzene rings is 1. The van der Waals surface area contributed by atoms with Gasteiger partial charge in [0.2, 0.25) is 5.91 Å². The van der Waals surface area contributed by atoms with Gasteiger partial charge in [-0.1, -0.05) is 30.3 Å². The van der Waals surface area contributed by atoms with Gasteiger partial charge in [0.1, 0.15) is 11.6 Å². The Hall–Kier alpha value is -4.07. The number of piperidine rings is 1. The molecule has 1 aliphatic rings. The van der Waals surface area contributed by atoms with E-state index in [0.29, 0.717) is 18.2 Å². The molecule has 0 saturated carbocycles. The first-order valence-electron chi connectivity index (χ1n) is 11.1. The molecule has 3 aromatic heterocycles. The second-order valence-electron chi connectivity index (χ2n) is 8.23. The van der Waals surface area contributed by atoms with Crippen LogP contribution < -0.4 is 10.2 Å². The molecule has 8 nitrogen and oxygen atoms in total. The van der Waals surface area contributed by atoms with Crippen LogP contribution in [0.5, 0.6) is 0 Å². The van der Waals surface area contributed by atoms with E-state index in [4.69, 9.17) is 0 Å². The Morgan fingerprint density at radius 2 is 1.82 bits per heavy atom. The maximum Gasteiger partial charge on any atom is 0.230 e. The Bertz CT molecular complexity index is 1240. The summed E-state index contributed by atoms with van der Waals surface area (Å²) in [6, 6.07) is 17.7. The number of aryl methyl sites for hydroxylation is 1. The van der Waals surface area contributed by atoms with Gasteiger partial charge in [-0.2, -0.15) is 0 Å². The molecule has 33 heavy (non-hydrogen) atoms.